The number of carbonyl (C=O) groups excluding carboxylic acids is 2. The molecular weight excluding hydrogens is 330 g/mol. The highest BCUT2D eigenvalue weighted by Gasteiger charge is 2.21. The van der Waals surface area contributed by atoms with Crippen LogP contribution in [0.1, 0.15) is 51.5 Å². The molecule has 0 unspecified atom stereocenters. The lowest BCUT2D eigenvalue weighted by Gasteiger charge is -2.28. The number of benzene rings is 1. The van der Waals surface area contributed by atoms with Crippen LogP contribution in [-0.4, -0.2) is 25.0 Å². The number of rotatable bonds is 7. The normalized spacial score (nSPS) is 20.0. The Morgan fingerprint density at radius 3 is 2.54 bits per heavy atom. The van der Waals surface area contributed by atoms with Gasteiger partial charge < -0.3 is 14.8 Å². The minimum atomic E-state index is -0.404. The van der Waals surface area contributed by atoms with Crippen molar-refractivity contribution in [3.63, 3.8) is 0 Å². The molecular formula is C21H29NO4. The summed E-state index contributed by atoms with van der Waals surface area (Å²) in [6.07, 6.45) is 10.2. The first kappa shape index (κ1) is 20.0. The molecule has 0 aromatic heterocycles. The fraction of sp³-hybridized carbons (Fsp3) is 0.524. The molecule has 1 saturated carbocycles. The van der Waals surface area contributed by atoms with E-state index in [4.69, 9.17) is 9.47 Å². The molecule has 1 N–H and O–H groups in total. The van der Waals surface area contributed by atoms with E-state index in [9.17, 15) is 9.59 Å². The van der Waals surface area contributed by atoms with Crippen LogP contribution in [0.15, 0.2) is 30.4 Å². The van der Waals surface area contributed by atoms with E-state index >= 15 is 0 Å². The van der Waals surface area contributed by atoms with Crippen molar-refractivity contribution in [3.8, 4) is 11.5 Å². The Bertz CT molecular complexity index is 645. The van der Waals surface area contributed by atoms with Crippen LogP contribution in [0.3, 0.4) is 0 Å². The second-order valence-electron chi connectivity index (χ2n) is 6.85. The summed E-state index contributed by atoms with van der Waals surface area (Å²) >= 11 is 0. The molecule has 142 valence electrons. The zero-order chi connectivity index (χ0) is 18.9. The number of esters is 1. The topological polar surface area (TPSA) is 64.6 Å². The number of amides is 1. The molecule has 1 aliphatic carbocycles. The first-order valence-corrected chi connectivity index (χ1v) is 9.27. The first-order chi connectivity index (χ1) is 12.5. The van der Waals surface area contributed by atoms with Crippen LogP contribution in [0.25, 0.3) is 0 Å². The summed E-state index contributed by atoms with van der Waals surface area (Å²) in [6, 6.07) is 5.46. The lowest BCUT2D eigenvalue weighted by Crippen LogP contribution is -2.38. The van der Waals surface area contributed by atoms with E-state index < -0.39 is 5.97 Å². The quantitative estimate of drug-likeness (QED) is 0.457. The number of hydrogen-bond acceptors (Lipinski definition) is 4. The van der Waals surface area contributed by atoms with Gasteiger partial charge in [0.25, 0.3) is 0 Å². The van der Waals surface area contributed by atoms with Crippen LogP contribution in [-0.2, 0) is 16.0 Å². The molecule has 26 heavy (non-hydrogen) atoms. The summed E-state index contributed by atoms with van der Waals surface area (Å²) in [5.74, 6) is 1.18. The number of ether oxygens (including phenoxy) is 2. The summed E-state index contributed by atoms with van der Waals surface area (Å²) in [6.45, 7) is 3.40. The van der Waals surface area contributed by atoms with Gasteiger partial charge in [0.2, 0.25) is 5.91 Å². The first-order valence-electron chi connectivity index (χ1n) is 9.27. The molecule has 0 spiro atoms. The second-order valence-corrected chi connectivity index (χ2v) is 6.85. The van der Waals surface area contributed by atoms with E-state index in [1.165, 1.54) is 26.9 Å². The Morgan fingerprint density at radius 2 is 1.92 bits per heavy atom. The average Bonchev–Trinajstić information content (AvgIpc) is 2.62. The molecule has 5 heteroatoms. The third-order valence-corrected chi connectivity index (χ3v) is 4.76. The Balaban J connectivity index is 1.85. The monoisotopic (exact) mass is 359 g/mol. The van der Waals surface area contributed by atoms with Gasteiger partial charge in [-0.3, -0.25) is 9.59 Å². The fourth-order valence-corrected chi connectivity index (χ4v) is 3.40. The smallest absolute Gasteiger partial charge is 0.308 e. The van der Waals surface area contributed by atoms with Gasteiger partial charge in [0.15, 0.2) is 11.5 Å². The van der Waals surface area contributed by atoms with Crippen molar-refractivity contribution in [3.05, 3.63) is 35.9 Å². The molecule has 5 nitrogen and oxygen atoms in total. The van der Waals surface area contributed by atoms with Crippen LogP contribution in [0.5, 0.6) is 11.5 Å². The summed E-state index contributed by atoms with van der Waals surface area (Å²) < 4.78 is 10.3. The van der Waals surface area contributed by atoms with Crippen molar-refractivity contribution in [1.29, 1.82) is 0 Å². The highest BCUT2D eigenvalue weighted by molar-refractivity contribution is 5.79. The van der Waals surface area contributed by atoms with Crippen molar-refractivity contribution in [1.82, 2.24) is 5.32 Å². The van der Waals surface area contributed by atoms with Crippen molar-refractivity contribution in [2.45, 2.75) is 58.4 Å². The van der Waals surface area contributed by atoms with Crippen LogP contribution < -0.4 is 14.8 Å². The number of carbonyl (C=O) groups is 2. The zero-order valence-electron chi connectivity index (χ0n) is 15.9. The number of hydrogen-bond donors (Lipinski definition) is 1. The molecule has 0 atom stereocenters. The van der Waals surface area contributed by atoms with Gasteiger partial charge in [-0.25, -0.2) is 0 Å². The van der Waals surface area contributed by atoms with Crippen molar-refractivity contribution in [2.75, 3.05) is 7.11 Å². The van der Waals surface area contributed by atoms with Gasteiger partial charge in [-0.2, -0.15) is 0 Å². The van der Waals surface area contributed by atoms with Gasteiger partial charge in [-0.05, 0) is 62.6 Å². The van der Waals surface area contributed by atoms with E-state index in [1.54, 1.807) is 18.2 Å². The predicted molar refractivity (Wildman–Crippen MR) is 101 cm³/mol. The van der Waals surface area contributed by atoms with Crippen LogP contribution in [0, 0.1) is 5.92 Å². The molecule has 1 amide bonds. The molecule has 1 aliphatic rings. The van der Waals surface area contributed by atoms with Crippen molar-refractivity contribution in [2.24, 2.45) is 5.92 Å². The maximum absolute atomic E-state index is 12.3. The summed E-state index contributed by atoms with van der Waals surface area (Å²) in [5.41, 5.74) is 0.831. The van der Waals surface area contributed by atoms with Gasteiger partial charge >= 0.3 is 5.97 Å². The van der Waals surface area contributed by atoms with Crippen LogP contribution >= 0.6 is 0 Å². The zero-order valence-corrected chi connectivity index (χ0v) is 15.9. The Hall–Kier alpha value is -2.30. The molecule has 1 fully saturated rings. The van der Waals surface area contributed by atoms with Crippen molar-refractivity contribution >= 4 is 11.9 Å². The lowest BCUT2D eigenvalue weighted by molar-refractivity contribution is -0.132. The Morgan fingerprint density at radius 1 is 1.19 bits per heavy atom. The molecule has 0 aliphatic heterocycles. The molecule has 0 heterocycles. The van der Waals surface area contributed by atoms with E-state index in [1.807, 2.05) is 0 Å². The van der Waals surface area contributed by atoms with Crippen LogP contribution in [0.2, 0.25) is 0 Å². The molecule has 0 saturated heterocycles. The molecule has 1 aromatic rings. The number of methoxy groups -OCH3 is 1. The van der Waals surface area contributed by atoms with Crippen molar-refractivity contribution < 1.29 is 19.1 Å². The number of nitrogens with one attached hydrogen (secondary N) is 1. The van der Waals surface area contributed by atoms with Gasteiger partial charge in [0, 0.05) is 13.0 Å². The second kappa shape index (κ2) is 10.00. The maximum atomic E-state index is 12.3. The van der Waals surface area contributed by atoms with Crippen LogP contribution in [0.4, 0.5) is 0 Å². The average molecular weight is 359 g/mol. The minimum Gasteiger partial charge on any atom is -0.493 e. The standard InChI is InChI=1S/C21H29NO4/c1-4-5-6-16-7-10-18(11-8-16)22-21(24)14-17-9-12-19(26-15(2)23)20(13-17)25-3/h4-5,9,12-13,16,18H,6-8,10-11,14H2,1-3H3,(H,22,24). The van der Waals surface area contributed by atoms with Gasteiger partial charge in [-0.1, -0.05) is 18.2 Å². The third-order valence-electron chi connectivity index (χ3n) is 4.76. The van der Waals surface area contributed by atoms with Gasteiger partial charge in [-0.15, -0.1) is 0 Å². The molecule has 1 aromatic carbocycles. The summed E-state index contributed by atoms with van der Waals surface area (Å²) in [5, 5.41) is 3.15. The lowest BCUT2D eigenvalue weighted by atomic mass is 9.84. The Labute approximate surface area is 155 Å². The van der Waals surface area contributed by atoms with E-state index in [2.05, 4.69) is 24.4 Å². The van der Waals surface area contributed by atoms with E-state index in [-0.39, 0.29) is 18.4 Å². The molecule has 0 bridgehead atoms. The fourth-order valence-electron chi connectivity index (χ4n) is 3.40. The highest BCUT2D eigenvalue weighted by atomic mass is 16.6. The largest absolute Gasteiger partial charge is 0.493 e. The van der Waals surface area contributed by atoms with E-state index in [0.29, 0.717) is 11.5 Å². The predicted octanol–water partition coefficient (Wildman–Crippen LogP) is 3.80. The SMILES string of the molecule is CC=CCC1CCC(NC(=O)Cc2ccc(OC(C)=O)c(OC)c2)CC1. The Kier molecular flexibility index (Phi) is 7.70. The minimum absolute atomic E-state index is 0.0178. The highest BCUT2D eigenvalue weighted by Crippen LogP contribution is 2.29. The van der Waals surface area contributed by atoms with E-state index in [0.717, 1.165) is 30.7 Å². The van der Waals surface area contributed by atoms with Gasteiger partial charge in [0.1, 0.15) is 0 Å². The summed E-state index contributed by atoms with van der Waals surface area (Å²) in [7, 11) is 1.51. The summed E-state index contributed by atoms with van der Waals surface area (Å²) in [4.78, 5) is 23.4. The third kappa shape index (κ3) is 6.21. The maximum Gasteiger partial charge on any atom is 0.308 e. The number of allylic oxidation sites excluding steroid dienone is 2. The molecule has 0 radical (unpaired) electrons. The molecule has 2 rings (SSSR count). The van der Waals surface area contributed by atoms with Gasteiger partial charge in [0.05, 0.1) is 13.5 Å².